The Morgan fingerprint density at radius 1 is 1.15 bits per heavy atom. The van der Waals surface area contributed by atoms with Gasteiger partial charge in [-0.25, -0.2) is 4.98 Å². The van der Waals surface area contributed by atoms with Crippen LogP contribution >= 0.6 is 0 Å². The zero-order chi connectivity index (χ0) is 14.7. The lowest BCUT2D eigenvalue weighted by atomic mass is 10.2. The summed E-state index contributed by atoms with van der Waals surface area (Å²) in [5.41, 5.74) is 7.30. The molecule has 20 heavy (non-hydrogen) atoms. The second-order valence-corrected chi connectivity index (χ2v) is 4.87. The molecule has 0 aliphatic rings. The van der Waals surface area contributed by atoms with Gasteiger partial charge in [0.25, 0.3) is 0 Å². The average Bonchev–Trinajstić information content (AvgIpc) is 2.40. The van der Waals surface area contributed by atoms with Crippen LogP contribution in [0.5, 0.6) is 17.4 Å². The summed E-state index contributed by atoms with van der Waals surface area (Å²) < 4.78 is 10.9. The first-order chi connectivity index (χ1) is 9.49. The fourth-order valence-electron chi connectivity index (χ4n) is 1.72. The molecule has 0 bridgehead atoms. The van der Waals surface area contributed by atoms with Crippen molar-refractivity contribution in [2.24, 2.45) is 0 Å². The number of hydrogen-bond acceptors (Lipinski definition) is 5. The lowest BCUT2D eigenvalue weighted by molar-refractivity contribution is 0.407. The van der Waals surface area contributed by atoms with Crippen LogP contribution in [-0.4, -0.2) is 17.1 Å². The van der Waals surface area contributed by atoms with Gasteiger partial charge in [0.15, 0.2) is 5.75 Å². The minimum atomic E-state index is 0.236. The van der Waals surface area contributed by atoms with E-state index >= 15 is 0 Å². The summed E-state index contributed by atoms with van der Waals surface area (Å²) in [6, 6.07) is 7.05. The second-order valence-electron chi connectivity index (χ2n) is 4.87. The number of aryl methyl sites for hydroxylation is 1. The van der Waals surface area contributed by atoms with Gasteiger partial charge in [0, 0.05) is 23.7 Å². The maximum Gasteiger partial charge on any atom is 0.222 e. The third-order valence-electron chi connectivity index (χ3n) is 2.80. The van der Waals surface area contributed by atoms with E-state index in [0.29, 0.717) is 23.1 Å². The van der Waals surface area contributed by atoms with Crippen molar-refractivity contribution in [3.05, 3.63) is 35.8 Å². The summed E-state index contributed by atoms with van der Waals surface area (Å²) in [5.74, 6) is 2.68. The van der Waals surface area contributed by atoms with Crippen LogP contribution in [0.1, 0.15) is 31.3 Å². The van der Waals surface area contributed by atoms with Crippen LogP contribution in [0.3, 0.4) is 0 Å². The molecule has 0 amide bonds. The van der Waals surface area contributed by atoms with Crippen molar-refractivity contribution >= 4 is 5.69 Å². The number of rotatable bonds is 4. The van der Waals surface area contributed by atoms with E-state index in [1.165, 1.54) is 0 Å². The molecular weight excluding hydrogens is 254 g/mol. The van der Waals surface area contributed by atoms with Crippen LogP contribution < -0.4 is 15.2 Å². The molecule has 1 aromatic heterocycles. The zero-order valence-corrected chi connectivity index (χ0v) is 12.2. The molecule has 0 saturated heterocycles. The molecule has 106 valence electrons. The van der Waals surface area contributed by atoms with E-state index in [-0.39, 0.29) is 5.92 Å². The highest BCUT2D eigenvalue weighted by atomic mass is 16.5. The summed E-state index contributed by atoms with van der Waals surface area (Å²) in [6.45, 7) is 5.99. The summed E-state index contributed by atoms with van der Waals surface area (Å²) in [6.07, 6.45) is 0. The summed E-state index contributed by atoms with van der Waals surface area (Å²) in [7, 11) is 1.60. The van der Waals surface area contributed by atoms with Crippen molar-refractivity contribution in [3.63, 3.8) is 0 Å². The highest BCUT2D eigenvalue weighted by Gasteiger charge is 2.10. The molecule has 1 heterocycles. The van der Waals surface area contributed by atoms with Gasteiger partial charge in [-0.2, -0.15) is 4.98 Å². The predicted molar refractivity (Wildman–Crippen MR) is 78.3 cm³/mol. The van der Waals surface area contributed by atoms with Crippen LogP contribution in [0.2, 0.25) is 0 Å². The van der Waals surface area contributed by atoms with Gasteiger partial charge in [-0.3, -0.25) is 0 Å². The number of nitrogen functional groups attached to an aromatic ring is 1. The first-order valence-corrected chi connectivity index (χ1v) is 6.46. The molecular formula is C15H19N3O2. The van der Waals surface area contributed by atoms with Crippen molar-refractivity contribution in [3.8, 4) is 17.4 Å². The van der Waals surface area contributed by atoms with Crippen LogP contribution in [-0.2, 0) is 0 Å². The first-order valence-electron chi connectivity index (χ1n) is 6.46. The Morgan fingerprint density at radius 3 is 2.55 bits per heavy atom. The number of anilines is 1. The minimum Gasteiger partial charge on any atom is -0.497 e. The van der Waals surface area contributed by atoms with Gasteiger partial charge < -0.3 is 15.2 Å². The number of methoxy groups -OCH3 is 1. The van der Waals surface area contributed by atoms with E-state index in [4.69, 9.17) is 15.2 Å². The first kappa shape index (κ1) is 14.1. The largest absolute Gasteiger partial charge is 0.497 e. The summed E-state index contributed by atoms with van der Waals surface area (Å²) in [4.78, 5) is 8.78. The van der Waals surface area contributed by atoms with E-state index in [2.05, 4.69) is 9.97 Å². The fraction of sp³-hybridized carbons (Fsp3) is 0.333. The maximum absolute atomic E-state index is 5.90. The van der Waals surface area contributed by atoms with Crippen molar-refractivity contribution in [2.75, 3.05) is 12.8 Å². The van der Waals surface area contributed by atoms with Crippen LogP contribution in [0, 0.1) is 6.92 Å². The zero-order valence-electron chi connectivity index (χ0n) is 12.2. The lowest BCUT2D eigenvalue weighted by Gasteiger charge is -2.11. The van der Waals surface area contributed by atoms with Crippen molar-refractivity contribution in [2.45, 2.75) is 26.7 Å². The van der Waals surface area contributed by atoms with Gasteiger partial charge in [0.2, 0.25) is 5.88 Å². The molecule has 0 unspecified atom stereocenters. The SMILES string of the molecule is COc1ccc(N)c(Oc2cc(C)nc(C(C)C)n2)c1. The van der Waals surface area contributed by atoms with Crippen molar-refractivity contribution < 1.29 is 9.47 Å². The van der Waals surface area contributed by atoms with Gasteiger partial charge in [0.05, 0.1) is 12.8 Å². The van der Waals surface area contributed by atoms with E-state index in [9.17, 15) is 0 Å². The second kappa shape index (κ2) is 5.77. The molecule has 0 fully saturated rings. The van der Waals surface area contributed by atoms with Gasteiger partial charge >= 0.3 is 0 Å². The van der Waals surface area contributed by atoms with Crippen LogP contribution in [0.25, 0.3) is 0 Å². The maximum atomic E-state index is 5.90. The van der Waals surface area contributed by atoms with E-state index in [0.717, 1.165) is 11.5 Å². The van der Waals surface area contributed by atoms with E-state index in [1.54, 1.807) is 31.4 Å². The van der Waals surface area contributed by atoms with Crippen LogP contribution in [0.15, 0.2) is 24.3 Å². The molecule has 0 aliphatic carbocycles. The molecule has 0 spiro atoms. The van der Waals surface area contributed by atoms with Crippen molar-refractivity contribution in [1.82, 2.24) is 9.97 Å². The summed E-state index contributed by atoms with van der Waals surface area (Å²) >= 11 is 0. The van der Waals surface area contributed by atoms with Crippen molar-refractivity contribution in [1.29, 1.82) is 0 Å². The number of benzene rings is 1. The third kappa shape index (κ3) is 3.17. The molecule has 0 aliphatic heterocycles. The fourth-order valence-corrected chi connectivity index (χ4v) is 1.72. The minimum absolute atomic E-state index is 0.236. The van der Waals surface area contributed by atoms with E-state index in [1.807, 2.05) is 20.8 Å². The Kier molecular flexibility index (Phi) is 4.08. The average molecular weight is 273 g/mol. The molecule has 2 rings (SSSR count). The Hall–Kier alpha value is -2.30. The highest BCUT2D eigenvalue weighted by Crippen LogP contribution is 2.30. The van der Waals surface area contributed by atoms with E-state index < -0.39 is 0 Å². The Labute approximate surface area is 118 Å². The standard InChI is InChI=1S/C15H19N3O2/c1-9(2)15-17-10(3)7-14(18-15)20-13-8-11(19-4)5-6-12(13)16/h5-9H,16H2,1-4H3. The Bertz CT molecular complexity index is 612. The Balaban J connectivity index is 2.34. The Morgan fingerprint density at radius 2 is 1.90 bits per heavy atom. The summed E-state index contributed by atoms with van der Waals surface area (Å²) in [5, 5.41) is 0. The number of hydrogen-bond donors (Lipinski definition) is 1. The molecule has 2 N–H and O–H groups in total. The molecule has 1 aromatic carbocycles. The molecule has 0 radical (unpaired) electrons. The van der Waals surface area contributed by atoms with Gasteiger partial charge in [-0.1, -0.05) is 13.8 Å². The smallest absolute Gasteiger partial charge is 0.222 e. The van der Waals surface area contributed by atoms with Gasteiger partial charge in [-0.05, 0) is 19.1 Å². The lowest BCUT2D eigenvalue weighted by Crippen LogP contribution is -2.02. The predicted octanol–water partition coefficient (Wildman–Crippen LogP) is 3.29. The molecule has 5 nitrogen and oxygen atoms in total. The normalized spacial score (nSPS) is 10.7. The quantitative estimate of drug-likeness (QED) is 0.865. The topological polar surface area (TPSA) is 70.3 Å². The number of nitrogens with two attached hydrogens (primary N) is 1. The number of nitrogens with zero attached hydrogens (tertiary/aromatic N) is 2. The number of aromatic nitrogens is 2. The highest BCUT2D eigenvalue weighted by molar-refractivity contribution is 5.56. The molecule has 0 saturated carbocycles. The van der Waals surface area contributed by atoms with Gasteiger partial charge in [-0.15, -0.1) is 0 Å². The molecule has 5 heteroatoms. The third-order valence-corrected chi connectivity index (χ3v) is 2.80. The monoisotopic (exact) mass is 273 g/mol. The molecule has 0 atom stereocenters. The number of ether oxygens (including phenoxy) is 2. The van der Waals surface area contributed by atoms with Crippen LogP contribution in [0.4, 0.5) is 5.69 Å². The molecule has 2 aromatic rings. The van der Waals surface area contributed by atoms with Gasteiger partial charge in [0.1, 0.15) is 11.6 Å².